The first-order valence-corrected chi connectivity index (χ1v) is 12.0. The van der Waals surface area contributed by atoms with Crippen molar-refractivity contribution in [2.45, 2.75) is 99.0 Å². The molecule has 222 valence electrons. The molecule has 10 N–H and O–H groups in total. The molecular formula is C21H37NO16. The van der Waals surface area contributed by atoms with E-state index < -0.39 is 118 Å². The summed E-state index contributed by atoms with van der Waals surface area (Å²) >= 11 is 0. The van der Waals surface area contributed by atoms with E-state index in [9.17, 15) is 50.8 Å². The summed E-state index contributed by atoms with van der Waals surface area (Å²) in [6.07, 6.45) is -22.3. The summed E-state index contributed by atoms with van der Waals surface area (Å²) in [6.45, 7) is -1.05. The molecular weight excluding hydrogens is 522 g/mol. The Labute approximate surface area is 217 Å². The Morgan fingerprint density at radius 2 is 1.16 bits per heavy atom. The minimum atomic E-state index is -1.88. The number of aliphatic hydroxyl groups excluding tert-OH is 9. The second-order valence-electron chi connectivity index (χ2n) is 9.28. The molecule has 0 aromatic carbocycles. The molecule has 0 aromatic heterocycles. The maximum atomic E-state index is 11.6. The first-order valence-electron chi connectivity index (χ1n) is 12.0. The summed E-state index contributed by atoms with van der Waals surface area (Å²) in [7, 11) is 1.25. The van der Waals surface area contributed by atoms with Gasteiger partial charge in [0.05, 0.1) is 19.8 Å². The summed E-state index contributed by atoms with van der Waals surface area (Å²) < 4.78 is 32.7. The van der Waals surface area contributed by atoms with Crippen LogP contribution in [-0.2, 0) is 33.2 Å². The molecule has 0 aliphatic carbocycles. The standard InChI is InChI=1S/C21H37NO16/c1-6(26)22-10-13(29)17(9(5-25)36-19(10)33-2)37-21-16(32)18(12(28)8(4-24)35-21)38-20-15(31)14(30)11(27)7(3-23)34-20/h7-21,23-25,27-32H,3-5H2,1-2H3,(H,22,26)/t7-,8-,9-,10-,11+,12+,13-,14+,15-,16-,17-,18+,19?,20-,21+/m1/s1. The van der Waals surface area contributed by atoms with Crippen LogP contribution in [0.3, 0.4) is 0 Å². The molecule has 3 saturated heterocycles. The fourth-order valence-corrected chi connectivity index (χ4v) is 4.64. The third-order valence-corrected chi connectivity index (χ3v) is 6.71. The molecule has 38 heavy (non-hydrogen) atoms. The molecule has 1 amide bonds. The summed E-state index contributed by atoms with van der Waals surface area (Å²) in [6, 6.07) is -1.16. The van der Waals surface area contributed by atoms with Crippen LogP contribution >= 0.6 is 0 Å². The van der Waals surface area contributed by atoms with Gasteiger partial charge in [0.15, 0.2) is 18.9 Å². The minimum absolute atomic E-state index is 0.536. The first kappa shape index (κ1) is 31.4. The molecule has 3 fully saturated rings. The van der Waals surface area contributed by atoms with Crippen LogP contribution in [0, 0.1) is 0 Å². The number of hydrogen-bond donors (Lipinski definition) is 10. The first-order chi connectivity index (χ1) is 18.0. The summed E-state index contributed by atoms with van der Waals surface area (Å²) in [5.74, 6) is -0.536. The van der Waals surface area contributed by atoms with Gasteiger partial charge in [-0.15, -0.1) is 0 Å². The zero-order valence-corrected chi connectivity index (χ0v) is 20.7. The van der Waals surface area contributed by atoms with Gasteiger partial charge >= 0.3 is 0 Å². The van der Waals surface area contributed by atoms with Crippen molar-refractivity contribution in [1.82, 2.24) is 5.32 Å². The topological polar surface area (TPSA) is 267 Å². The van der Waals surface area contributed by atoms with E-state index in [0.717, 1.165) is 0 Å². The predicted octanol–water partition coefficient (Wildman–Crippen LogP) is -6.78. The van der Waals surface area contributed by atoms with Crippen LogP contribution in [0.2, 0.25) is 0 Å². The van der Waals surface area contributed by atoms with Crippen molar-refractivity contribution >= 4 is 5.91 Å². The highest BCUT2D eigenvalue weighted by Crippen LogP contribution is 2.32. The average molecular weight is 560 g/mol. The third kappa shape index (κ3) is 6.43. The van der Waals surface area contributed by atoms with Gasteiger partial charge < -0.3 is 79.7 Å². The van der Waals surface area contributed by atoms with Crippen molar-refractivity contribution in [2.75, 3.05) is 26.9 Å². The van der Waals surface area contributed by atoms with Crippen LogP contribution in [-0.4, -0.2) is 171 Å². The van der Waals surface area contributed by atoms with Gasteiger partial charge in [-0.3, -0.25) is 4.79 Å². The number of nitrogens with one attached hydrogen (secondary N) is 1. The van der Waals surface area contributed by atoms with E-state index in [0.29, 0.717) is 0 Å². The maximum Gasteiger partial charge on any atom is 0.217 e. The van der Waals surface area contributed by atoms with Crippen molar-refractivity contribution in [3.63, 3.8) is 0 Å². The second-order valence-corrected chi connectivity index (χ2v) is 9.28. The van der Waals surface area contributed by atoms with Crippen molar-refractivity contribution in [1.29, 1.82) is 0 Å². The quantitative estimate of drug-likeness (QED) is 0.126. The molecule has 17 nitrogen and oxygen atoms in total. The van der Waals surface area contributed by atoms with Crippen LogP contribution in [0.4, 0.5) is 0 Å². The van der Waals surface area contributed by atoms with Crippen LogP contribution in [0.1, 0.15) is 6.92 Å². The molecule has 0 radical (unpaired) electrons. The van der Waals surface area contributed by atoms with Crippen molar-refractivity contribution < 1.29 is 79.2 Å². The van der Waals surface area contributed by atoms with Crippen molar-refractivity contribution in [2.24, 2.45) is 0 Å². The summed E-state index contributed by atoms with van der Waals surface area (Å²) in [5.41, 5.74) is 0. The number of carbonyl (C=O) groups excluding carboxylic acids is 1. The van der Waals surface area contributed by atoms with Gasteiger partial charge in [-0.05, 0) is 0 Å². The molecule has 3 aliphatic heterocycles. The molecule has 1 unspecified atom stereocenters. The summed E-state index contributed by atoms with van der Waals surface area (Å²) in [4.78, 5) is 11.6. The SMILES string of the molecule is COC1O[C@H](CO)[C@@H](O[C@@H]2O[C@H](CO)[C@H](O)[C@H](O[C@H]3O[C@H](CO)[C@H](O)[C@H](O)[C@H]3O)[C@H]2O)[C@H](O)[C@H]1NC(C)=O. The lowest BCUT2D eigenvalue weighted by molar-refractivity contribution is -0.375. The van der Waals surface area contributed by atoms with E-state index >= 15 is 0 Å². The molecule has 0 bridgehead atoms. The Balaban J connectivity index is 1.81. The monoisotopic (exact) mass is 559 g/mol. The third-order valence-electron chi connectivity index (χ3n) is 6.71. The van der Waals surface area contributed by atoms with Crippen molar-refractivity contribution in [3.05, 3.63) is 0 Å². The van der Waals surface area contributed by atoms with E-state index in [1.165, 1.54) is 14.0 Å². The molecule has 3 rings (SSSR count). The fraction of sp³-hybridized carbons (Fsp3) is 0.952. The van der Waals surface area contributed by atoms with Gasteiger partial charge in [-0.2, -0.15) is 0 Å². The number of aliphatic hydroxyl groups is 9. The Morgan fingerprint density at radius 3 is 1.68 bits per heavy atom. The highest BCUT2D eigenvalue weighted by atomic mass is 16.8. The van der Waals surface area contributed by atoms with Crippen molar-refractivity contribution in [3.8, 4) is 0 Å². The van der Waals surface area contributed by atoms with Gasteiger partial charge in [0, 0.05) is 14.0 Å². The number of amides is 1. The Morgan fingerprint density at radius 1 is 0.658 bits per heavy atom. The molecule has 3 heterocycles. The van der Waals surface area contributed by atoms with Crippen LogP contribution in [0.15, 0.2) is 0 Å². The highest BCUT2D eigenvalue weighted by molar-refractivity contribution is 5.73. The van der Waals surface area contributed by atoms with Crippen LogP contribution in [0.25, 0.3) is 0 Å². The molecule has 17 heteroatoms. The number of ether oxygens (including phenoxy) is 6. The molecule has 0 saturated carbocycles. The number of hydrogen-bond acceptors (Lipinski definition) is 16. The molecule has 3 aliphatic rings. The van der Waals surface area contributed by atoms with E-state index in [2.05, 4.69) is 5.32 Å². The number of methoxy groups -OCH3 is 1. The molecule has 0 spiro atoms. The normalized spacial score (nSPS) is 48.0. The van der Waals surface area contributed by atoms with E-state index in [1.54, 1.807) is 0 Å². The zero-order valence-electron chi connectivity index (χ0n) is 20.7. The zero-order chi connectivity index (χ0) is 28.3. The maximum absolute atomic E-state index is 11.6. The predicted molar refractivity (Wildman–Crippen MR) is 118 cm³/mol. The van der Waals surface area contributed by atoms with E-state index in [-0.39, 0.29) is 0 Å². The Kier molecular flexibility index (Phi) is 11.1. The van der Waals surface area contributed by atoms with Gasteiger partial charge in [0.1, 0.15) is 73.2 Å². The van der Waals surface area contributed by atoms with Crippen LogP contribution < -0.4 is 5.32 Å². The Bertz CT molecular complexity index is 761. The largest absolute Gasteiger partial charge is 0.394 e. The minimum Gasteiger partial charge on any atom is -0.394 e. The smallest absolute Gasteiger partial charge is 0.217 e. The van der Waals surface area contributed by atoms with Gasteiger partial charge in [-0.25, -0.2) is 0 Å². The Hall–Kier alpha value is -1.13. The van der Waals surface area contributed by atoms with E-state index in [1.807, 2.05) is 0 Å². The van der Waals surface area contributed by atoms with Gasteiger partial charge in [0.25, 0.3) is 0 Å². The summed E-state index contributed by atoms with van der Waals surface area (Å²) in [5, 5.41) is 94.2. The second kappa shape index (κ2) is 13.5. The lowest BCUT2D eigenvalue weighted by Crippen LogP contribution is -2.68. The highest BCUT2D eigenvalue weighted by Gasteiger charge is 2.53. The average Bonchev–Trinajstić information content (AvgIpc) is 2.89. The van der Waals surface area contributed by atoms with Gasteiger partial charge in [0.2, 0.25) is 5.91 Å². The van der Waals surface area contributed by atoms with E-state index in [4.69, 9.17) is 28.4 Å². The fourth-order valence-electron chi connectivity index (χ4n) is 4.64. The van der Waals surface area contributed by atoms with Crippen LogP contribution in [0.5, 0.6) is 0 Å². The lowest BCUT2D eigenvalue weighted by atomic mass is 9.95. The lowest BCUT2D eigenvalue weighted by Gasteiger charge is -2.48. The molecule has 15 atom stereocenters. The molecule has 0 aromatic rings. The number of carbonyl (C=O) groups is 1. The number of rotatable bonds is 9. The van der Waals surface area contributed by atoms with Gasteiger partial charge in [-0.1, -0.05) is 0 Å².